The van der Waals surface area contributed by atoms with Crippen LogP contribution in [0.5, 0.6) is 0 Å². The molecule has 1 N–H and O–H groups in total. The van der Waals surface area contributed by atoms with E-state index in [1.54, 1.807) is 16.8 Å². The van der Waals surface area contributed by atoms with Crippen molar-refractivity contribution in [3.63, 3.8) is 0 Å². The highest BCUT2D eigenvalue weighted by Gasteiger charge is 2.23. The number of halogens is 1. The van der Waals surface area contributed by atoms with Gasteiger partial charge >= 0.3 is 0 Å². The largest absolute Gasteiger partial charge is 0.386 e. The van der Waals surface area contributed by atoms with Crippen LogP contribution in [0.4, 0.5) is 0 Å². The van der Waals surface area contributed by atoms with Gasteiger partial charge in [-0.2, -0.15) is 0 Å². The lowest BCUT2D eigenvalue weighted by Crippen LogP contribution is -2.22. The Bertz CT molecular complexity index is 562. The minimum atomic E-state index is -0.738. The predicted molar refractivity (Wildman–Crippen MR) is 72.9 cm³/mol. The topological polar surface area (TPSA) is 63.8 Å². The van der Waals surface area contributed by atoms with E-state index in [4.69, 9.17) is 11.6 Å². The third-order valence-corrected chi connectivity index (χ3v) is 3.16. The van der Waals surface area contributed by atoms with Crippen LogP contribution in [0.15, 0.2) is 24.3 Å². The molecule has 19 heavy (non-hydrogen) atoms. The zero-order valence-electron chi connectivity index (χ0n) is 11.2. The second kappa shape index (κ2) is 5.27. The van der Waals surface area contributed by atoms with Crippen molar-refractivity contribution >= 4 is 11.6 Å². The summed E-state index contributed by atoms with van der Waals surface area (Å²) in [4.78, 5) is 0. The maximum absolute atomic E-state index is 10.3. The molecular formula is C13H17ClN4O. The van der Waals surface area contributed by atoms with Gasteiger partial charge in [0.25, 0.3) is 0 Å². The van der Waals surface area contributed by atoms with E-state index in [0.29, 0.717) is 10.6 Å². The van der Waals surface area contributed by atoms with Crippen molar-refractivity contribution in [1.29, 1.82) is 0 Å². The maximum atomic E-state index is 10.3. The van der Waals surface area contributed by atoms with Gasteiger partial charge in [-0.3, -0.25) is 0 Å². The predicted octanol–water partition coefficient (Wildman–Crippen LogP) is 2.36. The molecule has 0 radical (unpaired) electrons. The van der Waals surface area contributed by atoms with Gasteiger partial charge in [-0.05, 0) is 16.5 Å². The zero-order chi connectivity index (χ0) is 14.0. The summed E-state index contributed by atoms with van der Waals surface area (Å²) in [6, 6.07) is 7.23. The molecule has 1 aromatic carbocycles. The highest BCUT2D eigenvalue weighted by Crippen LogP contribution is 2.25. The molecule has 0 saturated carbocycles. The summed E-state index contributed by atoms with van der Waals surface area (Å²) >= 11 is 6.07. The Morgan fingerprint density at radius 3 is 2.63 bits per heavy atom. The SMILES string of the molecule is CC(C)(C)c1nnnn1CC(O)c1ccccc1Cl. The lowest BCUT2D eigenvalue weighted by molar-refractivity contribution is 0.147. The van der Waals surface area contributed by atoms with Crippen LogP contribution in [0.25, 0.3) is 0 Å². The molecule has 0 aliphatic heterocycles. The Hall–Kier alpha value is -1.46. The summed E-state index contributed by atoms with van der Waals surface area (Å²) in [5.41, 5.74) is 0.503. The summed E-state index contributed by atoms with van der Waals surface area (Å²) in [5.74, 6) is 0.735. The molecular weight excluding hydrogens is 264 g/mol. The molecule has 1 unspecified atom stereocenters. The Balaban J connectivity index is 2.23. The molecule has 0 spiro atoms. The molecule has 0 aliphatic carbocycles. The van der Waals surface area contributed by atoms with Crippen molar-refractivity contribution in [2.24, 2.45) is 0 Å². The van der Waals surface area contributed by atoms with Crippen molar-refractivity contribution in [3.05, 3.63) is 40.7 Å². The van der Waals surface area contributed by atoms with Crippen LogP contribution in [0, 0.1) is 0 Å². The Morgan fingerprint density at radius 2 is 2.00 bits per heavy atom. The van der Waals surface area contributed by atoms with E-state index in [1.165, 1.54) is 0 Å². The van der Waals surface area contributed by atoms with Gasteiger partial charge in [-0.25, -0.2) is 4.68 Å². The van der Waals surface area contributed by atoms with E-state index in [-0.39, 0.29) is 12.0 Å². The lowest BCUT2D eigenvalue weighted by Gasteiger charge is -2.19. The number of nitrogens with zero attached hydrogens (tertiary/aromatic N) is 4. The number of hydrogen-bond donors (Lipinski definition) is 1. The first-order valence-corrected chi connectivity index (χ1v) is 6.46. The van der Waals surface area contributed by atoms with Crippen LogP contribution < -0.4 is 0 Å². The van der Waals surface area contributed by atoms with Crippen molar-refractivity contribution in [2.75, 3.05) is 0 Å². The van der Waals surface area contributed by atoms with Gasteiger partial charge in [0, 0.05) is 16.0 Å². The average Bonchev–Trinajstić information content (AvgIpc) is 2.77. The third-order valence-electron chi connectivity index (χ3n) is 2.81. The fourth-order valence-electron chi connectivity index (χ4n) is 1.87. The summed E-state index contributed by atoms with van der Waals surface area (Å²) in [7, 11) is 0. The summed E-state index contributed by atoms with van der Waals surface area (Å²) < 4.78 is 1.62. The monoisotopic (exact) mass is 280 g/mol. The number of aromatic nitrogens is 4. The summed E-state index contributed by atoms with van der Waals surface area (Å²) in [6.45, 7) is 6.36. The van der Waals surface area contributed by atoms with Crippen molar-refractivity contribution in [2.45, 2.75) is 38.8 Å². The molecule has 6 heteroatoms. The minimum Gasteiger partial charge on any atom is -0.386 e. The van der Waals surface area contributed by atoms with E-state index in [1.807, 2.05) is 32.9 Å². The van der Waals surface area contributed by atoms with Crippen LogP contribution in [-0.4, -0.2) is 25.3 Å². The van der Waals surface area contributed by atoms with Crippen molar-refractivity contribution in [1.82, 2.24) is 20.2 Å². The fraction of sp³-hybridized carbons (Fsp3) is 0.462. The van der Waals surface area contributed by atoms with Crippen LogP contribution in [0.3, 0.4) is 0 Å². The molecule has 1 atom stereocenters. The fourth-order valence-corrected chi connectivity index (χ4v) is 2.13. The van der Waals surface area contributed by atoms with E-state index < -0.39 is 6.10 Å². The Labute approximate surface area is 117 Å². The minimum absolute atomic E-state index is 0.177. The van der Waals surface area contributed by atoms with Crippen LogP contribution in [0.2, 0.25) is 5.02 Å². The molecule has 0 saturated heterocycles. The average molecular weight is 281 g/mol. The van der Waals surface area contributed by atoms with Gasteiger partial charge in [-0.1, -0.05) is 50.6 Å². The zero-order valence-corrected chi connectivity index (χ0v) is 12.0. The van der Waals surface area contributed by atoms with Gasteiger partial charge in [0.1, 0.15) is 6.10 Å². The van der Waals surface area contributed by atoms with Gasteiger partial charge in [0.2, 0.25) is 0 Å². The quantitative estimate of drug-likeness (QED) is 0.937. The molecule has 1 heterocycles. The van der Waals surface area contributed by atoms with Crippen LogP contribution in [-0.2, 0) is 12.0 Å². The molecule has 0 aliphatic rings. The molecule has 102 valence electrons. The van der Waals surface area contributed by atoms with Gasteiger partial charge in [0.05, 0.1) is 6.54 Å². The Morgan fingerprint density at radius 1 is 1.32 bits per heavy atom. The standard InChI is InChI=1S/C13H17ClN4O/c1-13(2,3)12-15-16-17-18(12)8-11(19)9-6-4-5-7-10(9)14/h4-7,11,19H,8H2,1-3H3. The van der Waals surface area contributed by atoms with E-state index in [9.17, 15) is 5.11 Å². The number of tetrazole rings is 1. The van der Waals surface area contributed by atoms with Crippen LogP contribution >= 0.6 is 11.6 Å². The van der Waals surface area contributed by atoms with E-state index >= 15 is 0 Å². The summed E-state index contributed by atoms with van der Waals surface area (Å²) in [5, 5.41) is 22.4. The second-order valence-electron chi connectivity index (χ2n) is 5.47. The van der Waals surface area contributed by atoms with Crippen molar-refractivity contribution in [3.8, 4) is 0 Å². The lowest BCUT2D eigenvalue weighted by atomic mass is 9.95. The number of aliphatic hydroxyl groups is 1. The second-order valence-corrected chi connectivity index (χ2v) is 5.88. The number of hydrogen-bond acceptors (Lipinski definition) is 4. The molecule has 0 fully saturated rings. The Kier molecular flexibility index (Phi) is 3.87. The highest BCUT2D eigenvalue weighted by atomic mass is 35.5. The number of aliphatic hydroxyl groups excluding tert-OH is 1. The normalized spacial score (nSPS) is 13.5. The number of benzene rings is 1. The third kappa shape index (κ3) is 3.11. The van der Waals surface area contributed by atoms with E-state index in [2.05, 4.69) is 15.5 Å². The maximum Gasteiger partial charge on any atom is 0.156 e. The smallest absolute Gasteiger partial charge is 0.156 e. The summed E-state index contributed by atoms with van der Waals surface area (Å²) in [6.07, 6.45) is -0.738. The first-order valence-electron chi connectivity index (χ1n) is 6.08. The molecule has 1 aromatic heterocycles. The van der Waals surface area contributed by atoms with E-state index in [0.717, 1.165) is 5.82 Å². The van der Waals surface area contributed by atoms with Crippen molar-refractivity contribution < 1.29 is 5.11 Å². The van der Waals surface area contributed by atoms with Gasteiger partial charge < -0.3 is 5.11 Å². The first-order chi connectivity index (χ1) is 8.89. The molecule has 2 aromatic rings. The van der Waals surface area contributed by atoms with Gasteiger partial charge in [0.15, 0.2) is 5.82 Å². The molecule has 0 bridgehead atoms. The highest BCUT2D eigenvalue weighted by molar-refractivity contribution is 6.31. The molecule has 0 amide bonds. The number of rotatable bonds is 3. The molecule has 5 nitrogen and oxygen atoms in total. The molecule has 2 rings (SSSR count). The van der Waals surface area contributed by atoms with Crippen LogP contribution in [0.1, 0.15) is 38.3 Å². The first kappa shape index (κ1) is 14.0. The van der Waals surface area contributed by atoms with Gasteiger partial charge in [-0.15, -0.1) is 5.10 Å².